The van der Waals surface area contributed by atoms with Crippen LogP contribution in [0.25, 0.3) is 0 Å². The predicted octanol–water partition coefficient (Wildman–Crippen LogP) is 2.59. The molecule has 0 unspecified atom stereocenters. The van der Waals surface area contributed by atoms with Crippen LogP contribution in [0.15, 0.2) is 18.2 Å². The summed E-state index contributed by atoms with van der Waals surface area (Å²) in [4.78, 5) is 3.43. The van der Waals surface area contributed by atoms with Crippen LogP contribution in [0.2, 0.25) is 0 Å². The van der Waals surface area contributed by atoms with E-state index in [1.54, 1.807) is 6.07 Å². The standard InChI is InChI=1S/C7H6FIO2/c8-11-7-3-5(4-9)1-2-6(7)10/h1-3,10H,4H2. The van der Waals surface area contributed by atoms with Gasteiger partial charge in [0.2, 0.25) is 5.75 Å². The number of alkyl halides is 1. The number of phenolic OH excluding ortho intramolecular Hbond substituents is 1. The molecule has 4 heteroatoms. The highest BCUT2D eigenvalue weighted by Gasteiger charge is 2.02. The average Bonchev–Trinajstić information content (AvgIpc) is 2.05. The molecule has 0 fully saturated rings. The third kappa shape index (κ3) is 1.95. The molecule has 0 saturated heterocycles. The monoisotopic (exact) mass is 268 g/mol. The molecule has 0 spiro atoms. The Morgan fingerprint density at radius 2 is 2.27 bits per heavy atom. The summed E-state index contributed by atoms with van der Waals surface area (Å²) in [5.41, 5.74) is 0.913. The van der Waals surface area contributed by atoms with Crippen molar-refractivity contribution in [1.29, 1.82) is 0 Å². The first-order valence-electron chi connectivity index (χ1n) is 2.94. The lowest BCUT2D eigenvalue weighted by atomic mass is 10.2. The summed E-state index contributed by atoms with van der Waals surface area (Å²) < 4.78 is 12.4. The molecule has 0 saturated carbocycles. The van der Waals surface area contributed by atoms with Crippen LogP contribution in [0.3, 0.4) is 0 Å². The van der Waals surface area contributed by atoms with E-state index in [-0.39, 0.29) is 11.5 Å². The summed E-state index contributed by atoms with van der Waals surface area (Å²) in [5, 5.41) is 8.96. The van der Waals surface area contributed by atoms with Gasteiger partial charge in [0.15, 0.2) is 5.75 Å². The molecular weight excluding hydrogens is 262 g/mol. The van der Waals surface area contributed by atoms with E-state index in [2.05, 4.69) is 27.5 Å². The van der Waals surface area contributed by atoms with Crippen molar-refractivity contribution in [2.75, 3.05) is 0 Å². The molecular formula is C7H6FIO2. The Bertz CT molecular complexity index is 252. The lowest BCUT2D eigenvalue weighted by molar-refractivity contribution is -0.00900. The number of aromatic hydroxyl groups is 1. The maximum absolute atomic E-state index is 11.6. The Labute approximate surface area is 77.0 Å². The first kappa shape index (κ1) is 8.58. The average molecular weight is 268 g/mol. The highest BCUT2D eigenvalue weighted by atomic mass is 127. The second kappa shape index (κ2) is 3.75. The van der Waals surface area contributed by atoms with Crippen molar-refractivity contribution >= 4 is 22.6 Å². The van der Waals surface area contributed by atoms with Crippen molar-refractivity contribution in [1.82, 2.24) is 0 Å². The van der Waals surface area contributed by atoms with E-state index in [4.69, 9.17) is 5.11 Å². The van der Waals surface area contributed by atoms with Gasteiger partial charge in [-0.2, -0.15) is 0 Å². The van der Waals surface area contributed by atoms with Gasteiger partial charge in [0.25, 0.3) is 0 Å². The zero-order valence-corrected chi connectivity index (χ0v) is 7.71. The number of hydrogen-bond acceptors (Lipinski definition) is 2. The van der Waals surface area contributed by atoms with Crippen molar-refractivity contribution in [2.45, 2.75) is 4.43 Å². The fourth-order valence-electron chi connectivity index (χ4n) is 0.703. The number of halogens is 2. The zero-order valence-electron chi connectivity index (χ0n) is 5.55. The van der Waals surface area contributed by atoms with Crippen LogP contribution in [0, 0.1) is 0 Å². The molecule has 0 atom stereocenters. The molecule has 0 aromatic heterocycles. The molecule has 0 aliphatic carbocycles. The fraction of sp³-hybridized carbons (Fsp3) is 0.143. The predicted molar refractivity (Wildman–Crippen MR) is 47.6 cm³/mol. The van der Waals surface area contributed by atoms with Crippen LogP contribution in [0.4, 0.5) is 4.53 Å². The molecule has 60 valence electrons. The van der Waals surface area contributed by atoms with E-state index >= 15 is 0 Å². The molecule has 1 aromatic carbocycles. The quantitative estimate of drug-likeness (QED) is 0.659. The van der Waals surface area contributed by atoms with Gasteiger partial charge in [-0.15, -0.1) is 0 Å². The number of benzene rings is 1. The minimum absolute atomic E-state index is 0.126. The third-order valence-electron chi connectivity index (χ3n) is 1.26. The maximum Gasteiger partial charge on any atom is 0.213 e. The minimum atomic E-state index is -0.180. The summed E-state index contributed by atoms with van der Waals surface area (Å²) >= 11 is 2.14. The van der Waals surface area contributed by atoms with Gasteiger partial charge in [0.1, 0.15) is 0 Å². The van der Waals surface area contributed by atoms with Crippen molar-refractivity contribution in [3.05, 3.63) is 23.8 Å². The van der Waals surface area contributed by atoms with E-state index in [9.17, 15) is 4.53 Å². The van der Waals surface area contributed by atoms with Crippen LogP contribution in [0.1, 0.15) is 5.56 Å². The van der Waals surface area contributed by atoms with Gasteiger partial charge in [-0.25, -0.2) is 0 Å². The summed E-state index contributed by atoms with van der Waals surface area (Å²) in [7, 11) is 0. The smallest absolute Gasteiger partial charge is 0.213 e. The van der Waals surface area contributed by atoms with E-state index in [0.717, 1.165) is 9.99 Å². The molecule has 0 bridgehead atoms. The minimum Gasteiger partial charge on any atom is -0.504 e. The van der Waals surface area contributed by atoms with Crippen molar-refractivity contribution < 1.29 is 14.6 Å². The molecule has 2 nitrogen and oxygen atoms in total. The summed E-state index contributed by atoms with van der Waals surface area (Å²) in [6.45, 7) is 0. The topological polar surface area (TPSA) is 29.5 Å². The highest BCUT2D eigenvalue weighted by molar-refractivity contribution is 14.1. The Kier molecular flexibility index (Phi) is 2.92. The summed E-state index contributed by atoms with van der Waals surface area (Å²) in [5.74, 6) is -0.305. The van der Waals surface area contributed by atoms with Crippen molar-refractivity contribution in [2.24, 2.45) is 0 Å². The molecule has 1 rings (SSSR count). The SMILES string of the molecule is Oc1ccc(CI)cc1OF. The Morgan fingerprint density at radius 3 is 2.82 bits per heavy atom. The van der Waals surface area contributed by atoms with Crippen LogP contribution >= 0.6 is 22.6 Å². The summed E-state index contributed by atoms with van der Waals surface area (Å²) in [6, 6.07) is 4.58. The molecule has 11 heavy (non-hydrogen) atoms. The van der Waals surface area contributed by atoms with Crippen LogP contribution in [-0.4, -0.2) is 5.11 Å². The van der Waals surface area contributed by atoms with E-state index < -0.39 is 0 Å². The first-order chi connectivity index (χ1) is 5.27. The van der Waals surface area contributed by atoms with Crippen LogP contribution in [-0.2, 0) is 4.43 Å². The molecule has 1 N–H and O–H groups in total. The second-order valence-electron chi connectivity index (χ2n) is 2.01. The van der Waals surface area contributed by atoms with E-state index in [1.165, 1.54) is 12.1 Å². The number of hydrogen-bond donors (Lipinski definition) is 1. The molecule has 0 aliphatic rings. The fourth-order valence-corrected chi connectivity index (χ4v) is 1.18. The van der Waals surface area contributed by atoms with Crippen molar-refractivity contribution in [3.63, 3.8) is 0 Å². The van der Waals surface area contributed by atoms with Crippen molar-refractivity contribution in [3.8, 4) is 11.5 Å². The van der Waals surface area contributed by atoms with Gasteiger partial charge in [-0.3, -0.25) is 4.94 Å². The first-order valence-corrected chi connectivity index (χ1v) is 4.47. The number of phenols is 1. The third-order valence-corrected chi connectivity index (χ3v) is 2.14. The van der Waals surface area contributed by atoms with E-state index in [0.29, 0.717) is 0 Å². The second-order valence-corrected chi connectivity index (χ2v) is 2.78. The van der Waals surface area contributed by atoms with Crippen LogP contribution < -0.4 is 4.94 Å². The lowest BCUT2D eigenvalue weighted by Crippen LogP contribution is -1.81. The normalized spacial score (nSPS) is 9.64. The lowest BCUT2D eigenvalue weighted by Gasteiger charge is -1.99. The van der Waals surface area contributed by atoms with Gasteiger partial charge >= 0.3 is 0 Å². The maximum atomic E-state index is 11.6. The number of rotatable bonds is 2. The molecule has 1 aromatic rings. The Hall–Kier alpha value is -0.520. The van der Waals surface area contributed by atoms with E-state index in [1.807, 2.05) is 0 Å². The summed E-state index contributed by atoms with van der Waals surface area (Å²) in [6.07, 6.45) is 0. The Morgan fingerprint density at radius 1 is 1.55 bits per heavy atom. The zero-order chi connectivity index (χ0) is 8.27. The molecule has 0 amide bonds. The van der Waals surface area contributed by atoms with Crippen LogP contribution in [0.5, 0.6) is 11.5 Å². The van der Waals surface area contributed by atoms with Gasteiger partial charge in [0, 0.05) is 8.95 Å². The largest absolute Gasteiger partial charge is 0.504 e. The van der Waals surface area contributed by atoms with Gasteiger partial charge in [0.05, 0.1) is 0 Å². The van der Waals surface area contributed by atoms with Gasteiger partial charge in [-0.1, -0.05) is 28.7 Å². The molecule has 0 aliphatic heterocycles. The van der Waals surface area contributed by atoms with Gasteiger partial charge < -0.3 is 5.11 Å². The van der Waals surface area contributed by atoms with Gasteiger partial charge in [-0.05, 0) is 17.7 Å². The Balaban J connectivity index is 3.02. The molecule has 0 heterocycles. The molecule has 0 radical (unpaired) electrons. The highest BCUT2D eigenvalue weighted by Crippen LogP contribution is 2.27.